The molecule has 1 aromatic heterocycles. The highest BCUT2D eigenvalue weighted by Gasteiger charge is 2.21. The first-order valence-electron chi connectivity index (χ1n) is 10.7. The number of carbonyl (C=O) groups excluding carboxylic acids is 1. The standard InChI is InChI=1S/C23H27N3O4S/c27-21(8-11-31-14-18-6-5-16-2-1-9-24-23(16)25-18)26-19(13-22(28)29)17-4-3-15-7-10-30-20(15)12-17/h3-6,12,19H,1-2,7-11,13-14H2,(H,24,25)(H,26,27)(H,28,29)/p+1/t19-/m0/s1. The second kappa shape index (κ2) is 10.0. The van der Waals surface area contributed by atoms with Gasteiger partial charge < -0.3 is 15.2 Å². The second-order valence-corrected chi connectivity index (χ2v) is 9.01. The van der Waals surface area contributed by atoms with Gasteiger partial charge in [-0.15, -0.1) is 0 Å². The molecular weight excluding hydrogens is 414 g/mol. The Kier molecular flexibility index (Phi) is 6.96. The van der Waals surface area contributed by atoms with E-state index in [1.54, 1.807) is 11.8 Å². The molecule has 4 N–H and O–H groups in total. The number of carbonyl (C=O) groups is 2. The van der Waals surface area contributed by atoms with E-state index in [4.69, 9.17) is 4.74 Å². The first-order chi connectivity index (χ1) is 15.1. The lowest BCUT2D eigenvalue weighted by molar-refractivity contribution is -0.372. The third-order valence-corrected chi connectivity index (χ3v) is 6.59. The molecule has 0 aliphatic carbocycles. The Morgan fingerprint density at radius 2 is 2.10 bits per heavy atom. The zero-order valence-corrected chi connectivity index (χ0v) is 18.2. The molecule has 2 aliphatic heterocycles. The minimum atomic E-state index is -0.947. The summed E-state index contributed by atoms with van der Waals surface area (Å²) in [5.74, 6) is 2.26. The van der Waals surface area contributed by atoms with Gasteiger partial charge in [-0.25, -0.2) is 4.98 Å². The minimum Gasteiger partial charge on any atom is -0.493 e. The molecule has 7 nitrogen and oxygen atoms in total. The van der Waals surface area contributed by atoms with Gasteiger partial charge in [0, 0.05) is 24.2 Å². The van der Waals surface area contributed by atoms with Gasteiger partial charge in [0.05, 0.1) is 31.4 Å². The van der Waals surface area contributed by atoms with Crippen LogP contribution in [-0.4, -0.2) is 35.9 Å². The van der Waals surface area contributed by atoms with Crippen LogP contribution in [0.3, 0.4) is 0 Å². The van der Waals surface area contributed by atoms with Crippen molar-refractivity contribution in [2.24, 2.45) is 0 Å². The van der Waals surface area contributed by atoms with E-state index in [9.17, 15) is 14.7 Å². The fourth-order valence-corrected chi connectivity index (χ4v) is 4.81. The van der Waals surface area contributed by atoms with Gasteiger partial charge >= 0.3 is 5.97 Å². The first-order valence-corrected chi connectivity index (χ1v) is 11.9. The van der Waals surface area contributed by atoms with Gasteiger partial charge in [-0.3, -0.25) is 14.9 Å². The summed E-state index contributed by atoms with van der Waals surface area (Å²) in [6.07, 6.45) is 3.30. The molecule has 164 valence electrons. The Bertz CT molecular complexity index is 966. The number of benzene rings is 1. The van der Waals surface area contributed by atoms with Crippen LogP contribution in [0.2, 0.25) is 0 Å². The molecular formula is C23H28N3O4S+. The zero-order valence-electron chi connectivity index (χ0n) is 17.4. The smallest absolute Gasteiger partial charge is 0.305 e. The van der Waals surface area contributed by atoms with Crippen molar-refractivity contribution in [1.29, 1.82) is 0 Å². The number of anilines is 1. The number of aliphatic carboxylic acids is 1. The van der Waals surface area contributed by atoms with Crippen LogP contribution in [0, 0.1) is 0 Å². The van der Waals surface area contributed by atoms with E-state index in [2.05, 4.69) is 27.8 Å². The van der Waals surface area contributed by atoms with Crippen LogP contribution in [0.25, 0.3) is 0 Å². The molecule has 2 aliphatic rings. The van der Waals surface area contributed by atoms with Crippen molar-refractivity contribution in [1.82, 2.24) is 5.32 Å². The maximum atomic E-state index is 12.5. The van der Waals surface area contributed by atoms with Gasteiger partial charge in [0.15, 0.2) is 0 Å². The van der Waals surface area contributed by atoms with Gasteiger partial charge in [-0.1, -0.05) is 12.1 Å². The highest BCUT2D eigenvalue weighted by Crippen LogP contribution is 2.30. The summed E-state index contributed by atoms with van der Waals surface area (Å²) < 4.78 is 5.58. The monoisotopic (exact) mass is 442 g/mol. The fourth-order valence-electron chi connectivity index (χ4n) is 3.95. The van der Waals surface area contributed by atoms with Crippen molar-refractivity contribution in [3.63, 3.8) is 0 Å². The maximum absolute atomic E-state index is 12.5. The number of carboxylic acids is 1. The van der Waals surface area contributed by atoms with Gasteiger partial charge in [-0.05, 0) is 42.2 Å². The fraction of sp³-hybridized carbons (Fsp3) is 0.435. The van der Waals surface area contributed by atoms with E-state index in [0.29, 0.717) is 18.8 Å². The number of rotatable bonds is 9. The van der Waals surface area contributed by atoms with Crippen molar-refractivity contribution >= 4 is 29.5 Å². The molecule has 0 spiro atoms. The topological polar surface area (TPSA) is 102 Å². The number of pyridine rings is 1. The number of hydrogen-bond acceptors (Lipinski definition) is 5. The lowest BCUT2D eigenvalue weighted by Crippen LogP contribution is -2.30. The quantitative estimate of drug-likeness (QED) is 0.516. The normalized spacial score (nSPS) is 15.2. The average Bonchev–Trinajstić information content (AvgIpc) is 3.24. The number of H-pyrrole nitrogens is 1. The SMILES string of the molecule is O=C(O)C[C@H](NC(=O)CCSCc1ccc2c([nH+]1)NCCC2)c1ccc2c(c1)OCC2. The molecule has 1 amide bonds. The molecule has 0 saturated carbocycles. The van der Waals surface area contributed by atoms with Gasteiger partial charge in [0.1, 0.15) is 11.4 Å². The van der Waals surface area contributed by atoms with Crippen LogP contribution in [0.5, 0.6) is 5.75 Å². The van der Waals surface area contributed by atoms with Crippen LogP contribution in [0.15, 0.2) is 30.3 Å². The number of carboxylic acid groups (broad SMARTS) is 1. The third kappa shape index (κ3) is 5.70. The number of amides is 1. The van der Waals surface area contributed by atoms with E-state index in [1.807, 2.05) is 18.2 Å². The van der Waals surface area contributed by atoms with E-state index in [0.717, 1.165) is 59.9 Å². The Labute approximate surface area is 186 Å². The van der Waals surface area contributed by atoms with Crippen molar-refractivity contribution in [2.45, 2.75) is 43.9 Å². The summed E-state index contributed by atoms with van der Waals surface area (Å²) in [6.45, 7) is 1.64. The number of aromatic nitrogens is 1. The van der Waals surface area contributed by atoms with E-state index in [1.165, 1.54) is 5.56 Å². The van der Waals surface area contributed by atoms with Crippen molar-refractivity contribution in [3.05, 3.63) is 52.7 Å². The average molecular weight is 443 g/mol. The largest absolute Gasteiger partial charge is 0.493 e. The summed E-state index contributed by atoms with van der Waals surface area (Å²) in [4.78, 5) is 27.2. The first kappa shape index (κ1) is 21.5. The second-order valence-electron chi connectivity index (χ2n) is 7.90. The molecule has 4 rings (SSSR count). The van der Waals surface area contributed by atoms with Crippen molar-refractivity contribution in [2.75, 3.05) is 24.2 Å². The number of nitrogens with one attached hydrogen (secondary N) is 3. The van der Waals surface area contributed by atoms with Gasteiger partial charge in [0.2, 0.25) is 5.91 Å². The molecule has 1 aromatic carbocycles. The summed E-state index contributed by atoms with van der Waals surface area (Å²) in [6, 6.07) is 9.40. The predicted octanol–water partition coefficient (Wildman–Crippen LogP) is 2.75. The van der Waals surface area contributed by atoms with E-state index in [-0.39, 0.29) is 12.3 Å². The summed E-state index contributed by atoms with van der Waals surface area (Å²) in [5.41, 5.74) is 4.33. The highest BCUT2D eigenvalue weighted by atomic mass is 32.2. The number of ether oxygens (including phenoxy) is 1. The van der Waals surface area contributed by atoms with Crippen LogP contribution in [0.1, 0.15) is 47.7 Å². The number of aryl methyl sites for hydroxylation is 1. The highest BCUT2D eigenvalue weighted by molar-refractivity contribution is 7.98. The van der Waals surface area contributed by atoms with Crippen LogP contribution in [-0.2, 0) is 28.2 Å². The molecule has 8 heteroatoms. The Balaban J connectivity index is 1.27. The number of aromatic amines is 1. The lowest BCUT2D eigenvalue weighted by atomic mass is 10.0. The van der Waals surface area contributed by atoms with Gasteiger partial charge in [-0.2, -0.15) is 11.8 Å². The van der Waals surface area contributed by atoms with Crippen LogP contribution < -0.4 is 20.4 Å². The Morgan fingerprint density at radius 1 is 1.23 bits per heavy atom. The molecule has 0 saturated heterocycles. The zero-order chi connectivity index (χ0) is 21.6. The Morgan fingerprint density at radius 3 is 2.97 bits per heavy atom. The minimum absolute atomic E-state index is 0.142. The van der Waals surface area contributed by atoms with Crippen LogP contribution in [0.4, 0.5) is 5.82 Å². The van der Waals surface area contributed by atoms with E-state index >= 15 is 0 Å². The molecule has 0 radical (unpaired) electrons. The summed E-state index contributed by atoms with van der Waals surface area (Å²) in [5, 5.41) is 15.6. The molecule has 0 fully saturated rings. The molecule has 2 aromatic rings. The molecule has 3 heterocycles. The number of thioether (sulfide) groups is 1. The molecule has 31 heavy (non-hydrogen) atoms. The maximum Gasteiger partial charge on any atom is 0.305 e. The Hall–Kier alpha value is -2.74. The summed E-state index contributed by atoms with van der Waals surface area (Å²) in [7, 11) is 0. The number of fused-ring (bicyclic) bond motifs is 2. The lowest BCUT2D eigenvalue weighted by Gasteiger charge is -2.18. The van der Waals surface area contributed by atoms with Crippen molar-refractivity contribution in [3.8, 4) is 5.75 Å². The van der Waals surface area contributed by atoms with Crippen molar-refractivity contribution < 1.29 is 24.4 Å². The number of hydrogen-bond donors (Lipinski definition) is 3. The third-order valence-electron chi connectivity index (χ3n) is 5.58. The molecule has 1 atom stereocenters. The molecule has 0 bridgehead atoms. The predicted molar refractivity (Wildman–Crippen MR) is 119 cm³/mol. The van der Waals surface area contributed by atoms with E-state index < -0.39 is 12.0 Å². The van der Waals surface area contributed by atoms with Crippen LogP contribution >= 0.6 is 11.8 Å². The van der Waals surface area contributed by atoms with Gasteiger partial charge in [0.25, 0.3) is 5.82 Å². The summed E-state index contributed by atoms with van der Waals surface area (Å²) >= 11 is 1.68. The molecule has 0 unspecified atom stereocenters.